The first kappa shape index (κ1) is 17.6. The second kappa shape index (κ2) is 7.76. The third-order valence-electron chi connectivity index (χ3n) is 3.54. The van der Waals surface area contributed by atoms with E-state index < -0.39 is 0 Å². The van der Waals surface area contributed by atoms with E-state index in [9.17, 15) is 9.59 Å². The lowest BCUT2D eigenvalue weighted by atomic mass is 10.2. The van der Waals surface area contributed by atoms with Crippen molar-refractivity contribution in [1.29, 1.82) is 0 Å². The van der Waals surface area contributed by atoms with Gasteiger partial charge in [-0.1, -0.05) is 24.3 Å². The molecule has 0 unspecified atom stereocenters. The van der Waals surface area contributed by atoms with Gasteiger partial charge in [-0.2, -0.15) is 0 Å². The second-order valence-electron chi connectivity index (χ2n) is 5.17. The van der Waals surface area contributed by atoms with E-state index >= 15 is 0 Å². The molecule has 122 valence electrons. The molecule has 0 saturated carbocycles. The molecular weight excluding hydrogens is 453 g/mol. The first-order valence-corrected chi connectivity index (χ1v) is 10.3. The number of hydrogen-bond donors (Lipinski definition) is 0. The van der Waals surface area contributed by atoms with Crippen molar-refractivity contribution in [1.82, 2.24) is 4.90 Å². The summed E-state index contributed by atoms with van der Waals surface area (Å²) in [6.45, 7) is 0.310. The SMILES string of the molecule is CSc1ccc(/C=C2\SC(=O)N(Cc3ccc(I)cc3)C2=O)cc1. The lowest BCUT2D eigenvalue weighted by Gasteiger charge is -2.12. The minimum atomic E-state index is -0.225. The van der Waals surface area contributed by atoms with Gasteiger partial charge in [-0.15, -0.1) is 11.8 Å². The van der Waals surface area contributed by atoms with Crippen LogP contribution in [-0.4, -0.2) is 22.3 Å². The number of carbonyl (C=O) groups is 2. The van der Waals surface area contributed by atoms with Gasteiger partial charge in [0.05, 0.1) is 11.4 Å². The number of halogens is 1. The van der Waals surface area contributed by atoms with Crippen LogP contribution in [0.5, 0.6) is 0 Å². The molecule has 0 bridgehead atoms. The standard InChI is InChI=1S/C18H14INO2S2/c1-23-15-8-4-12(5-9-15)10-16-17(21)20(18(22)24-16)11-13-2-6-14(19)7-3-13/h2-10H,11H2,1H3/b16-10-. The van der Waals surface area contributed by atoms with Gasteiger partial charge in [-0.25, -0.2) is 0 Å². The molecule has 3 nitrogen and oxygen atoms in total. The zero-order valence-electron chi connectivity index (χ0n) is 12.9. The molecule has 1 aliphatic heterocycles. The molecule has 0 aromatic heterocycles. The average Bonchev–Trinajstić information content (AvgIpc) is 2.85. The number of hydrogen-bond acceptors (Lipinski definition) is 4. The Balaban J connectivity index is 1.77. The van der Waals surface area contributed by atoms with Crippen LogP contribution >= 0.6 is 46.1 Å². The van der Waals surface area contributed by atoms with Crippen molar-refractivity contribution in [3.63, 3.8) is 0 Å². The van der Waals surface area contributed by atoms with E-state index in [4.69, 9.17) is 0 Å². The highest BCUT2D eigenvalue weighted by Gasteiger charge is 2.34. The second-order valence-corrected chi connectivity index (χ2v) is 8.29. The van der Waals surface area contributed by atoms with Crippen molar-refractivity contribution < 1.29 is 9.59 Å². The van der Waals surface area contributed by atoms with Gasteiger partial charge in [0.25, 0.3) is 11.1 Å². The van der Waals surface area contributed by atoms with Crippen molar-refractivity contribution in [2.45, 2.75) is 11.4 Å². The molecule has 2 aromatic rings. The summed E-state index contributed by atoms with van der Waals surface area (Å²) in [7, 11) is 0. The highest BCUT2D eigenvalue weighted by Crippen LogP contribution is 2.33. The third-order valence-corrected chi connectivity index (χ3v) is 5.91. The molecule has 1 aliphatic rings. The quantitative estimate of drug-likeness (QED) is 0.350. The zero-order chi connectivity index (χ0) is 17.1. The highest BCUT2D eigenvalue weighted by molar-refractivity contribution is 14.1. The molecule has 0 atom stereocenters. The number of amides is 2. The Morgan fingerprint density at radius 2 is 1.75 bits per heavy atom. The van der Waals surface area contributed by atoms with E-state index in [2.05, 4.69) is 22.6 Å². The van der Waals surface area contributed by atoms with Crippen LogP contribution in [0.15, 0.2) is 58.3 Å². The van der Waals surface area contributed by atoms with Crippen LogP contribution in [0.4, 0.5) is 4.79 Å². The first-order chi connectivity index (χ1) is 11.6. The zero-order valence-corrected chi connectivity index (χ0v) is 16.7. The van der Waals surface area contributed by atoms with Gasteiger partial charge >= 0.3 is 0 Å². The van der Waals surface area contributed by atoms with Crippen molar-refractivity contribution in [3.05, 3.63) is 68.1 Å². The van der Waals surface area contributed by atoms with Crippen molar-refractivity contribution in [2.75, 3.05) is 6.26 Å². The number of thioether (sulfide) groups is 2. The predicted molar refractivity (Wildman–Crippen MR) is 109 cm³/mol. The summed E-state index contributed by atoms with van der Waals surface area (Å²) in [4.78, 5) is 27.6. The van der Waals surface area contributed by atoms with E-state index in [-0.39, 0.29) is 11.1 Å². The molecular formula is C18H14INO2S2. The van der Waals surface area contributed by atoms with E-state index in [1.165, 1.54) is 9.80 Å². The van der Waals surface area contributed by atoms with Crippen LogP contribution in [0.2, 0.25) is 0 Å². The number of benzene rings is 2. The predicted octanol–water partition coefficient (Wildman–Crippen LogP) is 5.25. The third kappa shape index (κ3) is 4.04. The topological polar surface area (TPSA) is 37.4 Å². The Kier molecular flexibility index (Phi) is 5.68. The summed E-state index contributed by atoms with van der Waals surface area (Å²) < 4.78 is 1.12. The monoisotopic (exact) mass is 467 g/mol. The van der Waals surface area contributed by atoms with Gasteiger partial charge < -0.3 is 0 Å². The fourth-order valence-electron chi connectivity index (χ4n) is 2.26. The Bertz CT molecular complexity index is 801. The molecule has 0 spiro atoms. The fraction of sp³-hybridized carbons (Fsp3) is 0.111. The van der Waals surface area contributed by atoms with Crippen LogP contribution in [0.3, 0.4) is 0 Å². The van der Waals surface area contributed by atoms with E-state index in [0.717, 1.165) is 26.5 Å². The molecule has 1 heterocycles. The molecule has 6 heteroatoms. The maximum atomic E-state index is 12.5. The van der Waals surface area contributed by atoms with Gasteiger partial charge in [0.15, 0.2) is 0 Å². The summed E-state index contributed by atoms with van der Waals surface area (Å²) in [5.74, 6) is -0.225. The van der Waals surface area contributed by atoms with Crippen LogP contribution in [-0.2, 0) is 11.3 Å². The minimum absolute atomic E-state index is 0.217. The largest absolute Gasteiger partial charge is 0.293 e. The average molecular weight is 467 g/mol. The maximum Gasteiger partial charge on any atom is 0.293 e. The van der Waals surface area contributed by atoms with E-state index in [0.29, 0.717) is 11.4 Å². The summed E-state index contributed by atoms with van der Waals surface area (Å²) in [6.07, 6.45) is 3.80. The Morgan fingerprint density at radius 3 is 2.38 bits per heavy atom. The smallest absolute Gasteiger partial charge is 0.268 e. The summed E-state index contributed by atoms with van der Waals surface area (Å²) in [5.41, 5.74) is 1.87. The molecule has 0 radical (unpaired) electrons. The molecule has 0 aliphatic carbocycles. The first-order valence-electron chi connectivity index (χ1n) is 7.20. The van der Waals surface area contributed by atoms with Gasteiger partial charge in [0.2, 0.25) is 0 Å². The van der Waals surface area contributed by atoms with E-state index in [1.807, 2.05) is 54.8 Å². The number of nitrogens with zero attached hydrogens (tertiary/aromatic N) is 1. The number of imide groups is 1. The van der Waals surface area contributed by atoms with E-state index in [1.54, 1.807) is 17.8 Å². The van der Waals surface area contributed by atoms with Crippen molar-refractivity contribution >= 4 is 63.3 Å². The van der Waals surface area contributed by atoms with Crippen molar-refractivity contribution in [2.24, 2.45) is 0 Å². The molecule has 1 fully saturated rings. The molecule has 3 rings (SSSR count). The van der Waals surface area contributed by atoms with Crippen LogP contribution in [0, 0.1) is 3.57 Å². The Labute approximate surface area is 163 Å². The van der Waals surface area contributed by atoms with Crippen LogP contribution < -0.4 is 0 Å². The lowest BCUT2D eigenvalue weighted by molar-refractivity contribution is -0.123. The Hall–Kier alpha value is -1.25. The maximum absolute atomic E-state index is 12.5. The molecule has 2 aromatic carbocycles. The summed E-state index contributed by atoms with van der Waals surface area (Å²) >= 11 is 4.90. The van der Waals surface area contributed by atoms with Crippen molar-refractivity contribution in [3.8, 4) is 0 Å². The fourth-order valence-corrected chi connectivity index (χ4v) is 3.87. The molecule has 0 N–H and O–H groups in total. The molecule has 2 amide bonds. The lowest BCUT2D eigenvalue weighted by Crippen LogP contribution is -2.27. The van der Waals surface area contributed by atoms with Crippen LogP contribution in [0.1, 0.15) is 11.1 Å². The summed E-state index contributed by atoms with van der Waals surface area (Å²) in [5, 5.41) is -0.217. The number of rotatable bonds is 4. The van der Waals surface area contributed by atoms with Gasteiger partial charge in [-0.05, 0) is 82.1 Å². The van der Waals surface area contributed by atoms with Gasteiger partial charge in [0.1, 0.15) is 0 Å². The summed E-state index contributed by atoms with van der Waals surface area (Å²) in [6, 6.07) is 15.7. The van der Waals surface area contributed by atoms with Gasteiger partial charge in [0, 0.05) is 8.47 Å². The highest BCUT2D eigenvalue weighted by atomic mass is 127. The van der Waals surface area contributed by atoms with Gasteiger partial charge in [-0.3, -0.25) is 14.5 Å². The van der Waals surface area contributed by atoms with Crippen LogP contribution in [0.25, 0.3) is 6.08 Å². The Morgan fingerprint density at radius 1 is 1.08 bits per heavy atom. The normalized spacial score (nSPS) is 16.2. The minimum Gasteiger partial charge on any atom is -0.268 e. The number of carbonyl (C=O) groups excluding carboxylic acids is 2. The molecule has 24 heavy (non-hydrogen) atoms. The molecule has 1 saturated heterocycles.